The summed E-state index contributed by atoms with van der Waals surface area (Å²) in [5.74, 6) is -0.0710. The van der Waals surface area contributed by atoms with Crippen molar-refractivity contribution in [3.63, 3.8) is 0 Å². The number of piperidine rings is 1. The number of hydrogen-bond donors (Lipinski definition) is 0. The molecule has 2 atom stereocenters. The van der Waals surface area contributed by atoms with E-state index in [4.69, 9.17) is 4.98 Å². The number of amides is 1. The first-order valence-corrected chi connectivity index (χ1v) is 13.2. The molecule has 9 heteroatoms. The molecule has 0 bridgehead atoms. The van der Waals surface area contributed by atoms with E-state index in [0.717, 1.165) is 22.3 Å². The van der Waals surface area contributed by atoms with Gasteiger partial charge in [0.05, 0.1) is 10.7 Å². The largest absolute Gasteiger partial charge is 0.435 e. The molecular weight excluding hydrogens is 497 g/mol. The van der Waals surface area contributed by atoms with E-state index in [2.05, 4.69) is 35.4 Å². The van der Waals surface area contributed by atoms with Crippen molar-refractivity contribution in [1.82, 2.24) is 19.7 Å². The Morgan fingerprint density at radius 1 is 1.16 bits per heavy atom. The van der Waals surface area contributed by atoms with Gasteiger partial charge in [-0.25, -0.2) is 9.67 Å². The van der Waals surface area contributed by atoms with Crippen molar-refractivity contribution in [3.8, 4) is 0 Å². The number of rotatable bonds is 5. The third kappa shape index (κ3) is 5.18. The van der Waals surface area contributed by atoms with Crippen LogP contribution < -0.4 is 0 Å². The van der Waals surface area contributed by atoms with E-state index in [0.29, 0.717) is 25.1 Å². The standard InChI is InChI=1S/C28H27F3N4OS/c1-3-26(36)34-14-13-21(16-25(34)35-18(2)15-24(33-35)28(29,30)31)27-32-22(17-37-27)12-11-20-9-6-8-19-7-4-5-10-23(19)20/h4-12,15,17,21,25H,3,13-14,16H2,1-2H3/b12-11-. The van der Waals surface area contributed by atoms with E-state index < -0.39 is 18.0 Å². The summed E-state index contributed by atoms with van der Waals surface area (Å²) in [5, 5.41) is 9.12. The molecule has 5 rings (SSSR count). The molecule has 0 radical (unpaired) electrons. The minimum atomic E-state index is -4.54. The summed E-state index contributed by atoms with van der Waals surface area (Å²) in [6.07, 6.45) is 0.375. The Morgan fingerprint density at radius 3 is 2.70 bits per heavy atom. The minimum Gasteiger partial charge on any atom is -0.320 e. The summed E-state index contributed by atoms with van der Waals surface area (Å²) in [5.41, 5.74) is 1.38. The number of carbonyl (C=O) groups is 1. The molecule has 5 nitrogen and oxygen atoms in total. The molecule has 3 heterocycles. The lowest BCUT2D eigenvalue weighted by molar-refractivity contribution is -0.142. The topological polar surface area (TPSA) is 51.0 Å². The zero-order chi connectivity index (χ0) is 26.2. The first-order valence-electron chi connectivity index (χ1n) is 12.3. The molecule has 1 aliphatic heterocycles. The monoisotopic (exact) mass is 524 g/mol. The van der Waals surface area contributed by atoms with Gasteiger partial charge >= 0.3 is 6.18 Å². The Kier molecular flexibility index (Phi) is 6.90. The lowest BCUT2D eigenvalue weighted by atomic mass is 9.94. The number of carbonyl (C=O) groups excluding carboxylic acids is 1. The maximum absolute atomic E-state index is 13.3. The van der Waals surface area contributed by atoms with Crippen molar-refractivity contribution in [2.45, 2.75) is 51.4 Å². The van der Waals surface area contributed by atoms with Crippen LogP contribution in [0.5, 0.6) is 0 Å². The van der Waals surface area contributed by atoms with E-state index in [9.17, 15) is 18.0 Å². The van der Waals surface area contributed by atoms with Crippen LogP contribution in [0.25, 0.3) is 22.9 Å². The van der Waals surface area contributed by atoms with Gasteiger partial charge in [-0.05, 0) is 48.2 Å². The average Bonchev–Trinajstić information content (AvgIpc) is 3.53. The molecule has 2 aromatic carbocycles. The maximum atomic E-state index is 13.3. The van der Waals surface area contributed by atoms with Crippen LogP contribution in [0.15, 0.2) is 53.9 Å². The van der Waals surface area contributed by atoms with Gasteiger partial charge in [0.1, 0.15) is 6.17 Å². The second kappa shape index (κ2) is 10.1. The second-order valence-corrected chi connectivity index (χ2v) is 10.2. The Morgan fingerprint density at radius 2 is 1.95 bits per heavy atom. The molecule has 37 heavy (non-hydrogen) atoms. The van der Waals surface area contributed by atoms with Crippen LogP contribution in [0.3, 0.4) is 0 Å². The third-order valence-electron chi connectivity index (χ3n) is 6.84. The zero-order valence-electron chi connectivity index (χ0n) is 20.6. The molecule has 1 saturated heterocycles. The van der Waals surface area contributed by atoms with Gasteiger partial charge in [0.25, 0.3) is 0 Å². The Labute approximate surface area is 217 Å². The van der Waals surface area contributed by atoms with Crippen molar-refractivity contribution >= 4 is 40.2 Å². The van der Waals surface area contributed by atoms with E-state index in [1.807, 2.05) is 29.7 Å². The number of alkyl halides is 3. The molecule has 0 N–H and O–H groups in total. The number of aromatic nitrogens is 3. The highest BCUT2D eigenvalue weighted by atomic mass is 32.1. The van der Waals surface area contributed by atoms with Gasteiger partial charge in [-0.2, -0.15) is 18.3 Å². The van der Waals surface area contributed by atoms with Crippen LogP contribution in [0.4, 0.5) is 13.2 Å². The normalized spacial score (nSPS) is 18.7. The summed E-state index contributed by atoms with van der Waals surface area (Å²) in [6.45, 7) is 3.81. The average molecular weight is 525 g/mol. The van der Waals surface area contributed by atoms with Gasteiger partial charge in [0, 0.05) is 30.0 Å². The molecule has 4 aromatic rings. The molecule has 192 valence electrons. The number of halogens is 3. The number of benzene rings is 2. The minimum absolute atomic E-state index is 0.0218. The molecule has 1 fully saturated rings. The fourth-order valence-electron chi connectivity index (χ4n) is 4.96. The van der Waals surface area contributed by atoms with Gasteiger partial charge in [-0.15, -0.1) is 11.3 Å². The van der Waals surface area contributed by atoms with E-state index >= 15 is 0 Å². The van der Waals surface area contributed by atoms with Crippen LogP contribution in [0.1, 0.15) is 65.9 Å². The number of hydrogen-bond acceptors (Lipinski definition) is 4. The summed E-state index contributed by atoms with van der Waals surface area (Å²) >= 11 is 1.55. The van der Waals surface area contributed by atoms with Crippen LogP contribution in [-0.2, 0) is 11.0 Å². The summed E-state index contributed by atoms with van der Waals surface area (Å²) in [4.78, 5) is 19.2. The first-order chi connectivity index (χ1) is 17.7. The Hall–Kier alpha value is -3.46. The first kappa shape index (κ1) is 25.2. The molecule has 1 amide bonds. The van der Waals surface area contributed by atoms with Crippen molar-refractivity contribution < 1.29 is 18.0 Å². The number of aryl methyl sites for hydroxylation is 1. The fraction of sp³-hybridized carbons (Fsp3) is 0.321. The molecule has 0 aliphatic carbocycles. The fourth-order valence-corrected chi connectivity index (χ4v) is 5.89. The van der Waals surface area contributed by atoms with Crippen LogP contribution in [0, 0.1) is 6.92 Å². The number of fused-ring (bicyclic) bond motifs is 1. The Bertz CT molecular complexity index is 1450. The van der Waals surface area contributed by atoms with Crippen LogP contribution in [-0.4, -0.2) is 32.1 Å². The van der Waals surface area contributed by atoms with Gasteiger partial charge in [0.2, 0.25) is 5.91 Å². The molecule has 0 saturated carbocycles. The van der Waals surface area contributed by atoms with Gasteiger partial charge in [0.15, 0.2) is 5.69 Å². The second-order valence-electron chi connectivity index (χ2n) is 9.27. The van der Waals surface area contributed by atoms with E-state index in [-0.39, 0.29) is 18.2 Å². The molecular formula is C28H27F3N4OS. The summed E-state index contributed by atoms with van der Waals surface area (Å²) < 4.78 is 41.3. The summed E-state index contributed by atoms with van der Waals surface area (Å²) in [6, 6.07) is 15.4. The van der Waals surface area contributed by atoms with Crippen molar-refractivity contribution in [1.29, 1.82) is 0 Å². The molecule has 1 aliphatic rings. The highest BCUT2D eigenvalue weighted by molar-refractivity contribution is 7.09. The third-order valence-corrected chi connectivity index (χ3v) is 7.86. The smallest absolute Gasteiger partial charge is 0.320 e. The van der Waals surface area contributed by atoms with E-state index in [1.165, 1.54) is 15.5 Å². The maximum Gasteiger partial charge on any atom is 0.435 e. The highest BCUT2D eigenvalue weighted by Gasteiger charge is 2.39. The highest BCUT2D eigenvalue weighted by Crippen LogP contribution is 2.39. The van der Waals surface area contributed by atoms with Gasteiger partial charge in [-0.1, -0.05) is 55.5 Å². The predicted molar refractivity (Wildman–Crippen MR) is 140 cm³/mol. The molecule has 2 aromatic heterocycles. The SMILES string of the molecule is CCC(=O)N1CCC(c2nc(/C=C\c3cccc4ccccc34)cs2)CC1n1nc(C(F)(F)F)cc1C. The van der Waals surface area contributed by atoms with Crippen LogP contribution in [0.2, 0.25) is 0 Å². The van der Waals surface area contributed by atoms with Crippen molar-refractivity contribution in [2.75, 3.05) is 6.54 Å². The van der Waals surface area contributed by atoms with E-state index in [1.54, 1.807) is 30.1 Å². The Balaban J connectivity index is 1.39. The predicted octanol–water partition coefficient (Wildman–Crippen LogP) is 7.31. The van der Waals surface area contributed by atoms with Crippen LogP contribution >= 0.6 is 11.3 Å². The van der Waals surface area contributed by atoms with Crippen molar-refractivity contribution in [3.05, 3.63) is 81.6 Å². The number of thiazole rings is 1. The molecule has 0 spiro atoms. The lowest BCUT2D eigenvalue weighted by Gasteiger charge is -2.39. The van der Waals surface area contributed by atoms with Gasteiger partial charge in [-0.3, -0.25) is 4.79 Å². The van der Waals surface area contributed by atoms with Crippen molar-refractivity contribution in [2.24, 2.45) is 0 Å². The van der Waals surface area contributed by atoms with Gasteiger partial charge < -0.3 is 4.90 Å². The summed E-state index contributed by atoms with van der Waals surface area (Å²) in [7, 11) is 0. The number of nitrogens with zero attached hydrogens (tertiary/aromatic N) is 4. The lowest BCUT2D eigenvalue weighted by Crippen LogP contribution is -2.43. The zero-order valence-corrected chi connectivity index (χ0v) is 21.4. The quantitative estimate of drug-likeness (QED) is 0.275. The number of likely N-dealkylation sites (tertiary alicyclic amines) is 1. The molecule has 2 unspecified atom stereocenters.